The van der Waals surface area contributed by atoms with Gasteiger partial charge in [0.25, 0.3) is 5.91 Å². The van der Waals surface area contributed by atoms with Crippen LogP contribution in [0.5, 0.6) is 5.75 Å². The average Bonchev–Trinajstić information content (AvgIpc) is 3.17. The number of amides is 1. The number of anilines is 1. The molecule has 33 heavy (non-hydrogen) atoms. The molecule has 0 spiro atoms. The molecule has 1 aromatic carbocycles. The number of nitrogens with zero attached hydrogens (tertiary/aromatic N) is 3. The van der Waals surface area contributed by atoms with Gasteiger partial charge in [0.1, 0.15) is 11.9 Å². The minimum Gasteiger partial charge on any atom is -0.480 e. The van der Waals surface area contributed by atoms with E-state index in [1.54, 1.807) is 40.2 Å². The lowest BCUT2D eigenvalue weighted by atomic mass is 9.98. The molecule has 2 aromatic rings. The van der Waals surface area contributed by atoms with E-state index in [0.717, 1.165) is 0 Å². The van der Waals surface area contributed by atoms with E-state index in [-0.39, 0.29) is 19.5 Å². The van der Waals surface area contributed by atoms with Gasteiger partial charge in [-0.15, -0.1) is 13.2 Å². The van der Waals surface area contributed by atoms with E-state index in [1.165, 1.54) is 0 Å². The molecule has 2 aliphatic heterocycles. The molecule has 1 saturated heterocycles. The molecule has 2 N–H and O–H groups in total. The molecule has 0 saturated carbocycles. The molecular weight excluding hydrogens is 465 g/mol. The van der Waals surface area contributed by atoms with Gasteiger partial charge >= 0.3 is 6.36 Å². The van der Waals surface area contributed by atoms with Gasteiger partial charge in [-0.1, -0.05) is 18.2 Å². The molecule has 2 aliphatic rings. The molecule has 12 heteroatoms. The Morgan fingerprint density at radius 3 is 2.88 bits per heavy atom. The Balaban J connectivity index is 1.23. The van der Waals surface area contributed by atoms with Gasteiger partial charge in [-0.2, -0.15) is 5.10 Å². The molecule has 1 fully saturated rings. The van der Waals surface area contributed by atoms with Crippen LogP contribution in [-0.2, 0) is 16.1 Å². The number of aromatic nitrogens is 2. The second kappa shape index (κ2) is 9.24. The maximum Gasteiger partial charge on any atom is 0.522 e. The van der Waals surface area contributed by atoms with Gasteiger partial charge in [-0.25, -0.2) is 0 Å². The van der Waals surface area contributed by atoms with Gasteiger partial charge in [0.05, 0.1) is 18.0 Å². The largest absolute Gasteiger partial charge is 0.522 e. The zero-order valence-electron chi connectivity index (χ0n) is 17.4. The summed E-state index contributed by atoms with van der Waals surface area (Å²) in [5.41, 5.74) is 1.67. The van der Waals surface area contributed by atoms with E-state index in [0.29, 0.717) is 40.7 Å². The fourth-order valence-electron chi connectivity index (χ4n) is 3.70. The van der Waals surface area contributed by atoms with E-state index in [1.807, 2.05) is 0 Å². The first-order valence-electron chi connectivity index (χ1n) is 10.2. The minimum absolute atomic E-state index is 0.0872. The van der Waals surface area contributed by atoms with Gasteiger partial charge in [0.15, 0.2) is 6.10 Å². The highest BCUT2D eigenvalue weighted by atomic mass is 35.5. The summed E-state index contributed by atoms with van der Waals surface area (Å²) in [6.45, 7) is 4.53. The van der Waals surface area contributed by atoms with Crippen LogP contribution in [0.3, 0.4) is 0 Å². The molecule has 1 aromatic heterocycles. The lowest BCUT2D eigenvalue weighted by Gasteiger charge is -2.39. The molecule has 2 atom stereocenters. The number of carbonyl (C=O) groups excluding carboxylic acids is 1. The van der Waals surface area contributed by atoms with Crippen LogP contribution in [0.15, 0.2) is 42.9 Å². The van der Waals surface area contributed by atoms with Crippen molar-refractivity contribution in [3.05, 3.63) is 53.5 Å². The Morgan fingerprint density at radius 1 is 1.39 bits per heavy atom. The smallest absolute Gasteiger partial charge is 0.480 e. The number of alkyl halides is 3. The summed E-state index contributed by atoms with van der Waals surface area (Å²) in [7, 11) is 0. The zero-order valence-corrected chi connectivity index (χ0v) is 18.1. The van der Waals surface area contributed by atoms with Gasteiger partial charge in [0, 0.05) is 55.0 Å². The number of hydrogen-bond donors (Lipinski definition) is 2. The van der Waals surface area contributed by atoms with Crippen LogP contribution >= 0.6 is 11.6 Å². The summed E-state index contributed by atoms with van der Waals surface area (Å²) in [6, 6.07) is 4.84. The fourth-order valence-corrected chi connectivity index (χ4v) is 3.88. The lowest BCUT2D eigenvalue weighted by molar-refractivity contribution is -0.344. The third-order valence-electron chi connectivity index (χ3n) is 5.41. The number of fused-ring (bicyclic) bond motifs is 1. The molecule has 3 heterocycles. The van der Waals surface area contributed by atoms with E-state index >= 15 is 0 Å². The number of rotatable bonds is 7. The van der Waals surface area contributed by atoms with Crippen LogP contribution in [0.1, 0.15) is 24.5 Å². The SMILES string of the molecule is C=C(CCn1cc(N2CC(OC(F)(F)F)C2)cn1)NC(=O)[C@@H]1C[C@@H](O)c2cc(Cl)ccc2O1. The number of benzene rings is 1. The highest BCUT2D eigenvalue weighted by molar-refractivity contribution is 6.30. The van der Waals surface area contributed by atoms with Crippen molar-refractivity contribution in [3.63, 3.8) is 0 Å². The highest BCUT2D eigenvalue weighted by Crippen LogP contribution is 2.36. The topological polar surface area (TPSA) is 88.9 Å². The van der Waals surface area contributed by atoms with Crippen LogP contribution in [0.4, 0.5) is 18.9 Å². The summed E-state index contributed by atoms with van der Waals surface area (Å²) in [4.78, 5) is 14.3. The van der Waals surface area contributed by atoms with Crippen LogP contribution in [-0.4, -0.2) is 52.5 Å². The second-order valence-corrected chi connectivity index (χ2v) is 8.37. The number of hydrogen-bond acceptors (Lipinski definition) is 6. The van der Waals surface area contributed by atoms with E-state index in [2.05, 4.69) is 21.7 Å². The van der Waals surface area contributed by atoms with Crippen molar-refractivity contribution in [1.29, 1.82) is 0 Å². The predicted octanol–water partition coefficient (Wildman–Crippen LogP) is 3.17. The molecule has 8 nitrogen and oxygen atoms in total. The number of ether oxygens (including phenoxy) is 2. The van der Waals surface area contributed by atoms with Crippen LogP contribution < -0.4 is 15.0 Å². The summed E-state index contributed by atoms with van der Waals surface area (Å²) in [6.07, 6.45) is -3.52. The van der Waals surface area contributed by atoms with Crippen molar-refractivity contribution in [2.24, 2.45) is 0 Å². The summed E-state index contributed by atoms with van der Waals surface area (Å²) >= 11 is 5.94. The van der Waals surface area contributed by atoms with Crippen molar-refractivity contribution >= 4 is 23.2 Å². The summed E-state index contributed by atoms with van der Waals surface area (Å²) < 4.78 is 48.0. The Morgan fingerprint density at radius 2 is 2.15 bits per heavy atom. The van der Waals surface area contributed by atoms with Crippen molar-refractivity contribution in [2.75, 3.05) is 18.0 Å². The maximum absolute atomic E-state index is 12.6. The van der Waals surface area contributed by atoms with Gasteiger partial charge in [-0.05, 0) is 18.2 Å². The number of carbonyl (C=O) groups is 1. The quantitative estimate of drug-likeness (QED) is 0.625. The molecule has 178 valence electrons. The number of aliphatic hydroxyl groups excluding tert-OH is 1. The van der Waals surface area contributed by atoms with Crippen molar-refractivity contribution in [3.8, 4) is 5.75 Å². The van der Waals surface area contributed by atoms with E-state index < -0.39 is 30.6 Å². The first kappa shape index (κ1) is 23.4. The van der Waals surface area contributed by atoms with Crippen LogP contribution in [0.25, 0.3) is 0 Å². The van der Waals surface area contributed by atoms with Gasteiger partial charge in [-0.3, -0.25) is 14.2 Å². The number of nitrogens with one attached hydrogen (secondary N) is 1. The Labute approximate surface area is 192 Å². The molecule has 1 amide bonds. The highest BCUT2D eigenvalue weighted by Gasteiger charge is 2.39. The fraction of sp³-hybridized carbons (Fsp3) is 0.429. The van der Waals surface area contributed by atoms with Crippen molar-refractivity contribution < 1.29 is 32.5 Å². The lowest BCUT2D eigenvalue weighted by Crippen LogP contribution is -2.54. The van der Waals surface area contributed by atoms with Gasteiger partial charge in [0.2, 0.25) is 0 Å². The summed E-state index contributed by atoms with van der Waals surface area (Å²) in [5.74, 6) is -0.0149. The number of aliphatic hydroxyl groups is 1. The van der Waals surface area contributed by atoms with E-state index in [9.17, 15) is 23.1 Å². The molecule has 0 aliphatic carbocycles. The predicted molar refractivity (Wildman–Crippen MR) is 113 cm³/mol. The first-order valence-corrected chi connectivity index (χ1v) is 10.6. The summed E-state index contributed by atoms with van der Waals surface area (Å²) in [5, 5.41) is 17.7. The monoisotopic (exact) mass is 486 g/mol. The van der Waals surface area contributed by atoms with Crippen molar-refractivity contribution in [2.45, 2.75) is 44.1 Å². The Kier molecular flexibility index (Phi) is 6.55. The van der Waals surface area contributed by atoms with Gasteiger partial charge < -0.3 is 20.1 Å². The zero-order chi connectivity index (χ0) is 23.8. The van der Waals surface area contributed by atoms with Crippen LogP contribution in [0.2, 0.25) is 5.02 Å². The Bertz CT molecular complexity index is 1040. The second-order valence-electron chi connectivity index (χ2n) is 7.94. The number of allylic oxidation sites excluding steroid dienone is 1. The maximum atomic E-state index is 12.6. The molecule has 0 bridgehead atoms. The normalized spacial score (nSPS) is 20.6. The molecule has 0 unspecified atom stereocenters. The third-order valence-corrected chi connectivity index (χ3v) is 5.64. The Hall–Kier alpha value is -2.76. The standard InChI is InChI=1S/C21H22ClF3N4O4/c1-12(27-20(31)19-7-17(30)16-6-13(22)2-3-18(16)32-19)4-5-29-9-14(8-26-29)28-10-15(11-28)33-21(23,24)25/h2-3,6,8-9,15,17,19,30H,1,4-5,7,10-11H2,(H,27,31)/t17-,19+/m1/s1. The average molecular weight is 487 g/mol. The van der Waals surface area contributed by atoms with Crippen molar-refractivity contribution in [1.82, 2.24) is 15.1 Å². The molecule has 4 rings (SSSR count). The number of aryl methyl sites for hydroxylation is 1. The van der Waals surface area contributed by atoms with Crippen LogP contribution in [0, 0.1) is 0 Å². The van der Waals surface area contributed by atoms with E-state index in [4.69, 9.17) is 16.3 Å². The third kappa shape index (κ3) is 5.79. The minimum atomic E-state index is -4.64. The molecule has 0 radical (unpaired) electrons. The first-order chi connectivity index (χ1) is 15.6. The molecular formula is C21H22ClF3N4O4. The number of halogens is 4.